The second-order valence-electron chi connectivity index (χ2n) is 3.80. The Balaban J connectivity index is 2.19. The van der Waals surface area contributed by atoms with Crippen molar-refractivity contribution in [1.82, 2.24) is 0 Å². The quantitative estimate of drug-likeness (QED) is 0.619. The van der Waals surface area contributed by atoms with Gasteiger partial charge in [-0.25, -0.2) is 0 Å². The lowest BCUT2D eigenvalue weighted by Gasteiger charge is -2.11. The molecular weight excluding hydrogens is 134 g/mol. The molecule has 0 aromatic rings. The molecule has 1 rings (SSSR count). The third-order valence-electron chi connectivity index (χ3n) is 2.81. The molecule has 0 spiro atoms. The molecule has 0 aliphatic heterocycles. The van der Waals surface area contributed by atoms with E-state index in [1.54, 1.807) is 0 Å². The molecule has 1 saturated carbocycles. The van der Waals surface area contributed by atoms with Crippen molar-refractivity contribution in [3.63, 3.8) is 0 Å². The van der Waals surface area contributed by atoms with E-state index in [4.69, 9.17) is 5.73 Å². The normalized spacial score (nSPS) is 23.7. The number of hydrogen-bond acceptors (Lipinski definition) is 1. The number of nitrogens with two attached hydrogens (primary N) is 1. The Bertz CT molecular complexity index is 80.9. The lowest BCUT2D eigenvalue weighted by molar-refractivity contribution is 0.437. The average molecular weight is 155 g/mol. The van der Waals surface area contributed by atoms with Crippen LogP contribution in [0.5, 0.6) is 0 Å². The van der Waals surface area contributed by atoms with Crippen LogP contribution in [-0.4, -0.2) is 6.54 Å². The summed E-state index contributed by atoms with van der Waals surface area (Å²) in [6.07, 6.45) is 11.4. The van der Waals surface area contributed by atoms with Gasteiger partial charge in [0.25, 0.3) is 0 Å². The lowest BCUT2D eigenvalue weighted by Crippen LogP contribution is -2.13. The van der Waals surface area contributed by atoms with Crippen LogP contribution < -0.4 is 5.73 Å². The molecule has 0 saturated heterocycles. The van der Waals surface area contributed by atoms with Crippen molar-refractivity contribution >= 4 is 0 Å². The van der Waals surface area contributed by atoms with Gasteiger partial charge < -0.3 is 5.73 Å². The second kappa shape index (κ2) is 5.59. The largest absolute Gasteiger partial charge is 0.330 e. The minimum atomic E-state index is 0.841. The zero-order chi connectivity index (χ0) is 7.94. The van der Waals surface area contributed by atoms with Crippen molar-refractivity contribution in [2.75, 3.05) is 6.54 Å². The van der Waals surface area contributed by atoms with Crippen LogP contribution in [-0.2, 0) is 0 Å². The summed E-state index contributed by atoms with van der Waals surface area (Å²) >= 11 is 0. The molecule has 0 atom stereocenters. The summed E-state index contributed by atoms with van der Waals surface area (Å²) in [5.41, 5.74) is 5.67. The lowest BCUT2D eigenvalue weighted by atomic mass is 9.97. The van der Waals surface area contributed by atoms with Gasteiger partial charge in [0.05, 0.1) is 0 Å². The molecule has 1 aliphatic carbocycles. The molecule has 0 bridgehead atoms. The van der Waals surface area contributed by atoms with E-state index >= 15 is 0 Å². The Morgan fingerprint density at radius 3 is 1.73 bits per heavy atom. The van der Waals surface area contributed by atoms with Crippen LogP contribution in [0.2, 0.25) is 0 Å². The molecule has 66 valence electrons. The maximum absolute atomic E-state index is 5.67. The van der Waals surface area contributed by atoms with E-state index in [0.29, 0.717) is 0 Å². The third kappa shape index (κ3) is 3.76. The Morgan fingerprint density at radius 2 is 1.27 bits per heavy atom. The maximum atomic E-state index is 5.67. The molecule has 11 heavy (non-hydrogen) atoms. The molecular formula is C10H21N. The van der Waals surface area contributed by atoms with E-state index < -0.39 is 0 Å². The van der Waals surface area contributed by atoms with Gasteiger partial charge in [-0.05, 0) is 25.3 Å². The molecule has 1 heteroatoms. The van der Waals surface area contributed by atoms with Crippen LogP contribution in [0, 0.1) is 5.92 Å². The fourth-order valence-electron chi connectivity index (χ4n) is 1.95. The third-order valence-corrected chi connectivity index (χ3v) is 2.81. The van der Waals surface area contributed by atoms with Crippen LogP contribution in [0.3, 0.4) is 0 Å². The highest BCUT2D eigenvalue weighted by molar-refractivity contribution is 4.62. The number of rotatable bonds is 1. The number of hydrogen-bond donors (Lipinski definition) is 1. The van der Waals surface area contributed by atoms with Gasteiger partial charge in [-0.1, -0.05) is 38.5 Å². The van der Waals surface area contributed by atoms with Gasteiger partial charge in [-0.15, -0.1) is 0 Å². The summed E-state index contributed by atoms with van der Waals surface area (Å²) in [5, 5.41) is 0. The van der Waals surface area contributed by atoms with Crippen molar-refractivity contribution in [2.45, 2.75) is 51.4 Å². The summed E-state index contributed by atoms with van der Waals surface area (Å²) in [6.45, 7) is 0.917. The highest BCUT2D eigenvalue weighted by Crippen LogP contribution is 2.20. The molecule has 0 amide bonds. The van der Waals surface area contributed by atoms with E-state index in [1.807, 2.05) is 0 Å². The zero-order valence-corrected chi connectivity index (χ0v) is 7.52. The predicted octanol–water partition coefficient (Wildman–Crippen LogP) is 2.70. The van der Waals surface area contributed by atoms with E-state index in [2.05, 4.69) is 0 Å². The molecule has 0 radical (unpaired) electrons. The molecule has 1 fully saturated rings. The van der Waals surface area contributed by atoms with Crippen molar-refractivity contribution in [3.05, 3.63) is 0 Å². The monoisotopic (exact) mass is 155 g/mol. The second-order valence-corrected chi connectivity index (χ2v) is 3.80. The molecule has 0 heterocycles. The molecule has 2 N–H and O–H groups in total. The van der Waals surface area contributed by atoms with Crippen LogP contribution in [0.1, 0.15) is 51.4 Å². The highest BCUT2D eigenvalue weighted by Gasteiger charge is 2.07. The van der Waals surface area contributed by atoms with Gasteiger partial charge in [-0.2, -0.15) is 0 Å². The average Bonchev–Trinajstić information content (AvgIpc) is 2.16. The molecule has 0 unspecified atom stereocenters. The van der Waals surface area contributed by atoms with Crippen LogP contribution in [0.4, 0.5) is 0 Å². The first-order valence-electron chi connectivity index (χ1n) is 5.13. The standard InChI is InChI=1S/C10H21N/c11-9-10-7-5-3-1-2-4-6-8-10/h10H,1-9,11H2. The summed E-state index contributed by atoms with van der Waals surface area (Å²) in [5.74, 6) is 0.841. The maximum Gasteiger partial charge on any atom is -0.00489 e. The van der Waals surface area contributed by atoms with Gasteiger partial charge in [0.15, 0.2) is 0 Å². The Hall–Kier alpha value is -0.0400. The minimum absolute atomic E-state index is 0.841. The van der Waals surface area contributed by atoms with Gasteiger partial charge in [0.1, 0.15) is 0 Å². The topological polar surface area (TPSA) is 26.0 Å². The summed E-state index contributed by atoms with van der Waals surface area (Å²) in [4.78, 5) is 0. The zero-order valence-electron chi connectivity index (χ0n) is 7.52. The molecule has 0 aromatic carbocycles. The van der Waals surface area contributed by atoms with Crippen molar-refractivity contribution < 1.29 is 0 Å². The Labute approximate surface area is 70.4 Å². The fraction of sp³-hybridized carbons (Fsp3) is 1.00. The van der Waals surface area contributed by atoms with E-state index in [-0.39, 0.29) is 0 Å². The van der Waals surface area contributed by atoms with Gasteiger partial charge in [0, 0.05) is 0 Å². The first-order chi connectivity index (χ1) is 5.43. The van der Waals surface area contributed by atoms with Gasteiger partial charge in [-0.3, -0.25) is 0 Å². The Morgan fingerprint density at radius 1 is 0.818 bits per heavy atom. The van der Waals surface area contributed by atoms with E-state index in [9.17, 15) is 0 Å². The molecule has 1 nitrogen and oxygen atoms in total. The van der Waals surface area contributed by atoms with Crippen molar-refractivity contribution in [1.29, 1.82) is 0 Å². The summed E-state index contributed by atoms with van der Waals surface area (Å²) in [7, 11) is 0. The van der Waals surface area contributed by atoms with Gasteiger partial charge >= 0.3 is 0 Å². The molecule has 0 aromatic heterocycles. The smallest absolute Gasteiger partial charge is 0.00489 e. The first-order valence-corrected chi connectivity index (χ1v) is 5.13. The van der Waals surface area contributed by atoms with E-state index in [1.165, 1.54) is 51.4 Å². The summed E-state index contributed by atoms with van der Waals surface area (Å²) in [6, 6.07) is 0. The van der Waals surface area contributed by atoms with E-state index in [0.717, 1.165) is 12.5 Å². The fourth-order valence-corrected chi connectivity index (χ4v) is 1.95. The first kappa shape index (κ1) is 9.05. The summed E-state index contributed by atoms with van der Waals surface area (Å²) < 4.78 is 0. The molecule has 1 aliphatic rings. The Kier molecular flexibility index (Phi) is 4.60. The SMILES string of the molecule is NCC1CCCCCCCC1. The van der Waals surface area contributed by atoms with Crippen LogP contribution in [0.25, 0.3) is 0 Å². The van der Waals surface area contributed by atoms with Crippen molar-refractivity contribution in [3.8, 4) is 0 Å². The van der Waals surface area contributed by atoms with Crippen molar-refractivity contribution in [2.24, 2.45) is 11.7 Å². The van der Waals surface area contributed by atoms with Gasteiger partial charge in [0.2, 0.25) is 0 Å². The van der Waals surface area contributed by atoms with Crippen LogP contribution >= 0.6 is 0 Å². The predicted molar refractivity (Wildman–Crippen MR) is 49.5 cm³/mol. The highest BCUT2D eigenvalue weighted by atomic mass is 14.5. The van der Waals surface area contributed by atoms with Crippen LogP contribution in [0.15, 0.2) is 0 Å². The minimum Gasteiger partial charge on any atom is -0.330 e.